The number of carbonyl (C=O) groups excluding carboxylic acids is 1. The molecule has 0 aliphatic rings. The van der Waals surface area contributed by atoms with Gasteiger partial charge in [-0.2, -0.15) is 5.10 Å². The third kappa shape index (κ3) is 2.89. The van der Waals surface area contributed by atoms with Gasteiger partial charge in [0.05, 0.1) is 12.1 Å². The van der Waals surface area contributed by atoms with E-state index in [9.17, 15) is 4.79 Å². The summed E-state index contributed by atoms with van der Waals surface area (Å²) in [6, 6.07) is 3.81. The zero-order chi connectivity index (χ0) is 13.8. The van der Waals surface area contributed by atoms with Crippen molar-refractivity contribution in [1.82, 2.24) is 14.8 Å². The number of rotatable bonds is 5. The van der Waals surface area contributed by atoms with Crippen molar-refractivity contribution in [3.8, 4) is 0 Å². The molecule has 0 aliphatic carbocycles. The van der Waals surface area contributed by atoms with Crippen LogP contribution in [0.4, 0.5) is 0 Å². The highest BCUT2D eigenvalue weighted by Gasteiger charge is 2.13. The van der Waals surface area contributed by atoms with Crippen LogP contribution in [0, 0.1) is 6.92 Å². The van der Waals surface area contributed by atoms with Gasteiger partial charge >= 0.3 is 0 Å². The fraction of sp³-hybridized carbons (Fsp3) is 0.400. The van der Waals surface area contributed by atoms with E-state index in [1.807, 2.05) is 24.6 Å². The van der Waals surface area contributed by atoms with Gasteiger partial charge in [-0.15, -0.1) is 0 Å². The molecule has 19 heavy (non-hydrogen) atoms. The van der Waals surface area contributed by atoms with E-state index in [1.54, 1.807) is 18.5 Å². The summed E-state index contributed by atoms with van der Waals surface area (Å²) in [6.07, 6.45) is 4.67. The first-order valence-corrected chi connectivity index (χ1v) is 6.65. The molecule has 0 aromatic carbocycles. The van der Waals surface area contributed by atoms with Crippen molar-refractivity contribution >= 4 is 5.78 Å². The number of Topliss-reactive ketones (excluding diaryl/α,β-unsaturated/α-hetero) is 1. The van der Waals surface area contributed by atoms with Crippen molar-refractivity contribution < 1.29 is 4.79 Å². The number of aryl methyl sites for hydroxylation is 3. The van der Waals surface area contributed by atoms with Crippen LogP contribution in [0.15, 0.2) is 24.5 Å². The van der Waals surface area contributed by atoms with E-state index in [-0.39, 0.29) is 5.78 Å². The molecular weight excluding hydrogens is 238 g/mol. The monoisotopic (exact) mass is 257 g/mol. The SMILES string of the molecule is CCc1cc(CC(=O)c2ccncc2C)n(CC)n1. The van der Waals surface area contributed by atoms with Crippen LogP contribution in [0.25, 0.3) is 0 Å². The second-order valence-electron chi connectivity index (χ2n) is 4.59. The molecule has 2 heterocycles. The van der Waals surface area contributed by atoms with Crippen LogP contribution >= 0.6 is 0 Å². The van der Waals surface area contributed by atoms with Crippen LogP contribution in [-0.2, 0) is 19.4 Å². The van der Waals surface area contributed by atoms with Crippen molar-refractivity contribution in [3.05, 3.63) is 47.0 Å². The molecular formula is C15H19N3O. The molecule has 0 saturated carbocycles. The quantitative estimate of drug-likeness (QED) is 0.773. The lowest BCUT2D eigenvalue weighted by Crippen LogP contribution is -2.10. The fourth-order valence-corrected chi connectivity index (χ4v) is 2.15. The first kappa shape index (κ1) is 13.5. The maximum absolute atomic E-state index is 12.3. The van der Waals surface area contributed by atoms with Gasteiger partial charge in [-0.25, -0.2) is 0 Å². The van der Waals surface area contributed by atoms with E-state index < -0.39 is 0 Å². The molecule has 0 bridgehead atoms. The van der Waals surface area contributed by atoms with E-state index in [4.69, 9.17) is 0 Å². The second kappa shape index (κ2) is 5.78. The molecule has 4 heteroatoms. The first-order chi connectivity index (χ1) is 9.15. The first-order valence-electron chi connectivity index (χ1n) is 6.65. The lowest BCUT2D eigenvalue weighted by Gasteiger charge is -2.05. The third-order valence-electron chi connectivity index (χ3n) is 3.24. The van der Waals surface area contributed by atoms with E-state index in [0.717, 1.165) is 35.5 Å². The van der Waals surface area contributed by atoms with Gasteiger partial charge in [-0.05, 0) is 38.0 Å². The Balaban J connectivity index is 2.24. The molecule has 0 amide bonds. The normalized spacial score (nSPS) is 10.7. The molecule has 0 N–H and O–H groups in total. The number of carbonyl (C=O) groups is 1. The van der Waals surface area contributed by atoms with E-state index in [2.05, 4.69) is 17.0 Å². The number of hydrogen-bond acceptors (Lipinski definition) is 3. The highest BCUT2D eigenvalue weighted by Crippen LogP contribution is 2.12. The van der Waals surface area contributed by atoms with Crippen LogP contribution in [0.3, 0.4) is 0 Å². The molecule has 0 spiro atoms. The number of aromatic nitrogens is 3. The Morgan fingerprint density at radius 1 is 1.37 bits per heavy atom. The Morgan fingerprint density at radius 3 is 2.79 bits per heavy atom. The summed E-state index contributed by atoms with van der Waals surface area (Å²) in [5.41, 5.74) is 3.69. The Hall–Kier alpha value is -1.97. The number of ketones is 1. The summed E-state index contributed by atoms with van der Waals surface area (Å²) >= 11 is 0. The standard InChI is InChI=1S/C15H19N3O/c1-4-12-8-13(18(5-2)17-12)9-15(19)14-6-7-16-10-11(14)3/h6-8,10H,4-5,9H2,1-3H3. The molecule has 0 saturated heterocycles. The van der Waals surface area contributed by atoms with E-state index >= 15 is 0 Å². The number of nitrogens with zero attached hydrogens (tertiary/aromatic N) is 3. The maximum atomic E-state index is 12.3. The molecule has 0 unspecified atom stereocenters. The fourth-order valence-electron chi connectivity index (χ4n) is 2.15. The molecule has 4 nitrogen and oxygen atoms in total. The smallest absolute Gasteiger partial charge is 0.169 e. The summed E-state index contributed by atoms with van der Waals surface area (Å²) in [5, 5.41) is 4.47. The van der Waals surface area contributed by atoms with Gasteiger partial charge in [0.2, 0.25) is 0 Å². The topological polar surface area (TPSA) is 47.8 Å². The van der Waals surface area contributed by atoms with Gasteiger partial charge in [0.25, 0.3) is 0 Å². The van der Waals surface area contributed by atoms with Crippen molar-refractivity contribution in [2.24, 2.45) is 0 Å². The van der Waals surface area contributed by atoms with Crippen molar-refractivity contribution in [1.29, 1.82) is 0 Å². The summed E-state index contributed by atoms with van der Waals surface area (Å²) < 4.78 is 1.91. The number of pyridine rings is 1. The van der Waals surface area contributed by atoms with Crippen LogP contribution in [0.1, 0.15) is 41.2 Å². The highest BCUT2D eigenvalue weighted by molar-refractivity contribution is 5.98. The molecule has 0 aliphatic heterocycles. The second-order valence-corrected chi connectivity index (χ2v) is 4.59. The van der Waals surface area contributed by atoms with Crippen LogP contribution < -0.4 is 0 Å². The summed E-state index contributed by atoms with van der Waals surface area (Å²) in [6.45, 7) is 6.81. The molecule has 100 valence electrons. The van der Waals surface area contributed by atoms with Gasteiger partial charge in [0.15, 0.2) is 5.78 Å². The highest BCUT2D eigenvalue weighted by atomic mass is 16.1. The summed E-state index contributed by atoms with van der Waals surface area (Å²) in [4.78, 5) is 16.3. The van der Waals surface area contributed by atoms with E-state index in [1.165, 1.54) is 0 Å². The van der Waals surface area contributed by atoms with Crippen molar-refractivity contribution in [3.63, 3.8) is 0 Å². The summed E-state index contributed by atoms with van der Waals surface area (Å²) in [7, 11) is 0. The molecule has 2 aromatic rings. The van der Waals surface area contributed by atoms with Crippen LogP contribution in [0.2, 0.25) is 0 Å². The molecule has 0 atom stereocenters. The molecule has 0 radical (unpaired) electrons. The maximum Gasteiger partial charge on any atom is 0.169 e. The predicted molar refractivity (Wildman–Crippen MR) is 74.3 cm³/mol. The minimum atomic E-state index is 0.122. The zero-order valence-corrected chi connectivity index (χ0v) is 11.7. The minimum absolute atomic E-state index is 0.122. The van der Waals surface area contributed by atoms with Crippen molar-refractivity contribution in [2.45, 2.75) is 40.2 Å². The average molecular weight is 257 g/mol. The summed E-state index contributed by atoms with van der Waals surface area (Å²) in [5.74, 6) is 0.122. The average Bonchev–Trinajstić information content (AvgIpc) is 2.81. The van der Waals surface area contributed by atoms with Crippen LogP contribution in [0.5, 0.6) is 0 Å². The van der Waals surface area contributed by atoms with Gasteiger partial charge in [0, 0.05) is 30.2 Å². The lowest BCUT2D eigenvalue weighted by molar-refractivity contribution is 0.0990. The zero-order valence-electron chi connectivity index (χ0n) is 11.7. The Kier molecular flexibility index (Phi) is 4.10. The van der Waals surface area contributed by atoms with Gasteiger partial charge < -0.3 is 0 Å². The minimum Gasteiger partial charge on any atom is -0.294 e. The molecule has 2 aromatic heterocycles. The van der Waals surface area contributed by atoms with Gasteiger partial charge in [-0.1, -0.05) is 6.92 Å². The van der Waals surface area contributed by atoms with Gasteiger partial charge in [0.1, 0.15) is 0 Å². The third-order valence-corrected chi connectivity index (χ3v) is 3.24. The number of hydrogen-bond donors (Lipinski definition) is 0. The van der Waals surface area contributed by atoms with E-state index in [0.29, 0.717) is 6.42 Å². The Labute approximate surface area is 113 Å². The Bertz CT molecular complexity index is 587. The Morgan fingerprint density at radius 2 is 2.16 bits per heavy atom. The van der Waals surface area contributed by atoms with Crippen molar-refractivity contribution in [2.75, 3.05) is 0 Å². The predicted octanol–water partition coefficient (Wildman–Crippen LogP) is 2.59. The molecule has 0 fully saturated rings. The largest absolute Gasteiger partial charge is 0.294 e. The lowest BCUT2D eigenvalue weighted by atomic mass is 10.0. The molecule has 2 rings (SSSR count). The van der Waals surface area contributed by atoms with Gasteiger partial charge in [-0.3, -0.25) is 14.5 Å². The van der Waals surface area contributed by atoms with Crippen LogP contribution in [-0.4, -0.2) is 20.5 Å².